The van der Waals surface area contributed by atoms with Gasteiger partial charge in [0.2, 0.25) is 0 Å². The predicted octanol–water partition coefficient (Wildman–Crippen LogP) is 0.0446. The Morgan fingerprint density at radius 1 is 1.26 bits per heavy atom. The summed E-state index contributed by atoms with van der Waals surface area (Å²) in [5.41, 5.74) is 0.802. The summed E-state index contributed by atoms with van der Waals surface area (Å²) in [6, 6.07) is 5.03. The van der Waals surface area contributed by atoms with E-state index in [1.165, 1.54) is 31.5 Å². The van der Waals surface area contributed by atoms with Crippen molar-refractivity contribution in [2.24, 2.45) is 11.8 Å². The normalized spacial score (nSPS) is 18.9. The molecule has 0 aromatic heterocycles. The first-order chi connectivity index (χ1) is 12.8. The molecule has 0 saturated heterocycles. The summed E-state index contributed by atoms with van der Waals surface area (Å²) in [4.78, 5) is 23.9. The number of hydroxylamine groups is 1. The Morgan fingerprint density at radius 3 is 2.44 bits per heavy atom. The van der Waals surface area contributed by atoms with E-state index in [4.69, 9.17) is 10.3 Å². The van der Waals surface area contributed by atoms with Crippen molar-refractivity contribution < 1.29 is 25.0 Å². The number of amides is 2. The van der Waals surface area contributed by atoms with Crippen LogP contribution in [0.15, 0.2) is 24.3 Å². The average molecular weight is 370 g/mol. The molecule has 2 rings (SSSR count). The minimum absolute atomic E-state index is 0.157. The lowest BCUT2D eigenvalue weighted by Gasteiger charge is -2.28. The number of nitrogens with one attached hydrogen (secondary N) is 2. The van der Waals surface area contributed by atoms with Gasteiger partial charge in [-0.2, -0.15) is 0 Å². The largest absolute Gasteiger partial charge is 0.396 e. The number of rotatable bonds is 5. The summed E-state index contributed by atoms with van der Waals surface area (Å²) >= 11 is 0. The molecule has 5 N–H and O–H groups in total. The third-order valence-electron chi connectivity index (χ3n) is 4.19. The fourth-order valence-electron chi connectivity index (χ4n) is 2.41. The highest BCUT2D eigenvalue weighted by Crippen LogP contribution is 2.36. The Bertz CT molecular complexity index is 818. The Morgan fingerprint density at radius 2 is 1.93 bits per heavy atom. The maximum atomic E-state index is 12.3. The van der Waals surface area contributed by atoms with Crippen LogP contribution in [0.5, 0.6) is 0 Å². The van der Waals surface area contributed by atoms with E-state index in [-0.39, 0.29) is 24.0 Å². The topological polar surface area (TPSA) is 119 Å². The highest BCUT2D eigenvalue weighted by molar-refractivity contribution is 5.97. The van der Waals surface area contributed by atoms with Crippen molar-refractivity contribution in [2.45, 2.75) is 31.9 Å². The van der Waals surface area contributed by atoms with Crippen LogP contribution in [0, 0.1) is 35.5 Å². The van der Waals surface area contributed by atoms with Gasteiger partial charge in [0.15, 0.2) is 0 Å². The van der Waals surface area contributed by atoms with Crippen molar-refractivity contribution in [2.75, 3.05) is 6.61 Å². The lowest BCUT2D eigenvalue weighted by atomic mass is 9.97. The summed E-state index contributed by atoms with van der Waals surface area (Å²) in [6.45, 7) is 2.85. The van der Waals surface area contributed by atoms with Gasteiger partial charge in [-0.25, -0.2) is 5.48 Å². The molecule has 2 amide bonds. The first-order valence-electron chi connectivity index (χ1n) is 8.46. The zero-order valence-corrected chi connectivity index (χ0v) is 15.1. The van der Waals surface area contributed by atoms with E-state index in [1.54, 1.807) is 12.1 Å². The van der Waals surface area contributed by atoms with Gasteiger partial charge in [0.05, 0.1) is 5.60 Å². The predicted molar refractivity (Wildman–Crippen MR) is 97.3 cm³/mol. The zero-order valence-electron chi connectivity index (χ0n) is 15.1. The van der Waals surface area contributed by atoms with Crippen LogP contribution in [-0.4, -0.2) is 45.5 Å². The second kappa shape index (κ2) is 8.70. The molecule has 1 aromatic carbocycles. The van der Waals surface area contributed by atoms with Gasteiger partial charge >= 0.3 is 0 Å². The summed E-state index contributed by atoms with van der Waals surface area (Å²) < 4.78 is 0. The maximum absolute atomic E-state index is 12.3. The maximum Gasteiger partial charge on any atom is 0.268 e. The van der Waals surface area contributed by atoms with Crippen LogP contribution >= 0.6 is 0 Å². The minimum Gasteiger partial charge on any atom is -0.396 e. The quantitative estimate of drug-likeness (QED) is 0.285. The molecule has 0 heterocycles. The number of carbonyl (C=O) groups excluding carboxylic acids is 2. The van der Waals surface area contributed by atoms with Crippen molar-refractivity contribution in [3.8, 4) is 23.7 Å². The number of aliphatic hydroxyl groups excluding tert-OH is 1. The molecule has 7 heteroatoms. The van der Waals surface area contributed by atoms with Gasteiger partial charge in [-0.3, -0.25) is 14.8 Å². The molecule has 1 aromatic rings. The van der Waals surface area contributed by atoms with Crippen molar-refractivity contribution in [1.29, 1.82) is 0 Å². The molecule has 27 heavy (non-hydrogen) atoms. The molecule has 7 nitrogen and oxygen atoms in total. The average Bonchev–Trinajstić information content (AvgIpc) is 3.40. The Balaban J connectivity index is 2.00. The van der Waals surface area contributed by atoms with Gasteiger partial charge in [0, 0.05) is 23.7 Å². The molecular weight excluding hydrogens is 348 g/mol. The van der Waals surface area contributed by atoms with Crippen LogP contribution < -0.4 is 10.8 Å². The standard InChI is InChI=1S/C20H22N2O5/c1-20(2,26)17(19(25)22-27)21-18(24)14-9-7-13(8-10-14)5-3-4-6-15-11-16(15)12-23/h7-10,15-17,23,26-27H,11-12H2,1-2H3,(H,21,24)(H,22,25). The minimum atomic E-state index is -1.57. The van der Waals surface area contributed by atoms with Crippen LogP contribution in [0.25, 0.3) is 0 Å². The van der Waals surface area contributed by atoms with Gasteiger partial charge in [-0.15, -0.1) is 0 Å². The molecule has 0 aliphatic heterocycles. The van der Waals surface area contributed by atoms with Crippen LogP contribution in [0.1, 0.15) is 36.2 Å². The van der Waals surface area contributed by atoms with Gasteiger partial charge in [0.25, 0.3) is 11.8 Å². The third kappa shape index (κ3) is 5.83. The Hall–Kier alpha value is -2.84. The molecule has 3 atom stereocenters. The third-order valence-corrected chi connectivity index (χ3v) is 4.19. The van der Waals surface area contributed by atoms with Gasteiger partial charge in [-0.05, 0) is 62.3 Å². The summed E-state index contributed by atoms with van der Waals surface area (Å²) in [6.07, 6.45) is 0.912. The number of aliphatic hydroxyl groups is 2. The van der Waals surface area contributed by atoms with E-state index in [1.807, 2.05) is 0 Å². The second-order valence-corrected chi connectivity index (χ2v) is 6.92. The van der Waals surface area contributed by atoms with E-state index in [9.17, 15) is 14.7 Å². The van der Waals surface area contributed by atoms with E-state index in [2.05, 4.69) is 29.0 Å². The molecule has 1 aliphatic carbocycles. The lowest BCUT2D eigenvalue weighted by Crippen LogP contribution is -2.57. The van der Waals surface area contributed by atoms with Crippen LogP contribution in [-0.2, 0) is 4.79 Å². The van der Waals surface area contributed by atoms with E-state index < -0.39 is 23.5 Å². The van der Waals surface area contributed by atoms with Gasteiger partial charge < -0.3 is 15.5 Å². The van der Waals surface area contributed by atoms with Gasteiger partial charge in [0.1, 0.15) is 6.04 Å². The number of hydrogen-bond donors (Lipinski definition) is 5. The van der Waals surface area contributed by atoms with Crippen LogP contribution in [0.3, 0.4) is 0 Å². The van der Waals surface area contributed by atoms with E-state index in [0.717, 1.165) is 6.42 Å². The Kier molecular flexibility index (Phi) is 6.59. The van der Waals surface area contributed by atoms with Crippen molar-refractivity contribution >= 4 is 11.8 Å². The van der Waals surface area contributed by atoms with Crippen molar-refractivity contribution in [3.05, 3.63) is 35.4 Å². The summed E-state index contributed by atoms with van der Waals surface area (Å²) in [7, 11) is 0. The SMILES string of the molecule is CC(C)(O)C(NC(=O)c1ccc(C#CC#CC2CC2CO)cc1)C(=O)NO. The highest BCUT2D eigenvalue weighted by atomic mass is 16.5. The van der Waals surface area contributed by atoms with Crippen LogP contribution in [0.4, 0.5) is 0 Å². The molecule has 0 bridgehead atoms. The van der Waals surface area contributed by atoms with E-state index in [0.29, 0.717) is 5.56 Å². The molecule has 3 unspecified atom stereocenters. The molecule has 0 spiro atoms. The van der Waals surface area contributed by atoms with Gasteiger partial charge in [-0.1, -0.05) is 11.8 Å². The fourth-order valence-corrected chi connectivity index (χ4v) is 2.41. The molecular formula is C20H22N2O5. The number of benzene rings is 1. The van der Waals surface area contributed by atoms with Crippen molar-refractivity contribution in [1.82, 2.24) is 10.8 Å². The lowest BCUT2D eigenvalue weighted by molar-refractivity contribution is -0.136. The monoisotopic (exact) mass is 370 g/mol. The fraction of sp³-hybridized carbons (Fsp3) is 0.400. The number of hydrogen-bond acceptors (Lipinski definition) is 5. The number of carbonyl (C=O) groups is 2. The smallest absolute Gasteiger partial charge is 0.268 e. The van der Waals surface area contributed by atoms with E-state index >= 15 is 0 Å². The first kappa shape index (κ1) is 20.5. The second-order valence-electron chi connectivity index (χ2n) is 6.92. The van der Waals surface area contributed by atoms with Crippen LogP contribution in [0.2, 0.25) is 0 Å². The molecule has 1 fully saturated rings. The summed E-state index contributed by atoms with van der Waals surface area (Å²) in [5, 5.41) is 30.1. The zero-order chi connectivity index (χ0) is 20.0. The molecule has 1 aliphatic rings. The van der Waals surface area contributed by atoms with Crippen molar-refractivity contribution in [3.63, 3.8) is 0 Å². The molecule has 1 saturated carbocycles. The Labute approximate surface area is 157 Å². The molecule has 142 valence electrons. The highest BCUT2D eigenvalue weighted by Gasteiger charge is 2.35. The molecule has 0 radical (unpaired) electrons. The summed E-state index contributed by atoms with van der Waals surface area (Å²) in [5.74, 6) is 10.4. The first-order valence-corrected chi connectivity index (χ1v) is 8.46.